The molecule has 1 aromatic heterocycles. The van der Waals surface area contributed by atoms with Gasteiger partial charge in [-0.25, -0.2) is 13.2 Å². The summed E-state index contributed by atoms with van der Waals surface area (Å²) in [5.74, 6) is -0.398. The van der Waals surface area contributed by atoms with Crippen LogP contribution in [0.1, 0.15) is 16.6 Å². The molecule has 0 unspecified atom stereocenters. The Kier molecular flexibility index (Phi) is 6.46. The predicted octanol–water partition coefficient (Wildman–Crippen LogP) is 5.05. The van der Waals surface area contributed by atoms with E-state index in [2.05, 4.69) is 4.72 Å². The van der Waals surface area contributed by atoms with Crippen LogP contribution in [-0.4, -0.2) is 28.1 Å². The van der Waals surface area contributed by atoms with Gasteiger partial charge in [-0.15, -0.1) is 11.3 Å². The van der Waals surface area contributed by atoms with Crippen LogP contribution < -0.4 is 9.46 Å². The Morgan fingerprint density at radius 1 is 1.17 bits per heavy atom. The zero-order valence-electron chi connectivity index (χ0n) is 15.6. The third-order valence-corrected chi connectivity index (χ3v) is 6.74. The number of nitrogens with one attached hydrogen (secondary N) is 1. The van der Waals surface area contributed by atoms with E-state index >= 15 is 0 Å². The molecule has 0 fully saturated rings. The van der Waals surface area contributed by atoms with Gasteiger partial charge in [0, 0.05) is 16.0 Å². The molecule has 0 spiro atoms. The van der Waals surface area contributed by atoms with Gasteiger partial charge in [-0.05, 0) is 30.7 Å². The third kappa shape index (κ3) is 4.55. The van der Waals surface area contributed by atoms with Gasteiger partial charge >= 0.3 is 5.97 Å². The number of anilines is 1. The first kappa shape index (κ1) is 21.2. The lowest BCUT2D eigenvalue weighted by Crippen LogP contribution is -2.17. The van der Waals surface area contributed by atoms with Crippen molar-refractivity contribution in [2.75, 3.05) is 18.4 Å². The molecule has 1 N–H and O–H groups in total. The molecule has 0 radical (unpaired) electrons. The van der Waals surface area contributed by atoms with Crippen LogP contribution in [0.3, 0.4) is 0 Å². The third-order valence-electron chi connectivity index (χ3n) is 3.97. The topological polar surface area (TPSA) is 81.7 Å². The second kappa shape index (κ2) is 8.86. The second-order valence-corrected chi connectivity index (χ2v) is 8.78. The van der Waals surface area contributed by atoms with Gasteiger partial charge in [0.05, 0.1) is 19.4 Å². The average molecular weight is 452 g/mol. The van der Waals surface area contributed by atoms with Gasteiger partial charge < -0.3 is 9.47 Å². The number of hydrogen-bond donors (Lipinski definition) is 1. The molecule has 152 valence electrons. The first-order valence-corrected chi connectivity index (χ1v) is 11.3. The molecule has 0 amide bonds. The van der Waals surface area contributed by atoms with E-state index in [1.807, 2.05) is 6.07 Å². The van der Waals surface area contributed by atoms with Crippen LogP contribution in [0.15, 0.2) is 58.8 Å². The molecule has 0 bridgehead atoms. The molecule has 9 heteroatoms. The standard InChI is InChI=1S/C20H18ClNO5S2/c1-3-27-20(23)18-19(15(12-28-18)13-7-5-4-6-8-13)29(24,25)22-16-11-14(21)9-10-17(16)26-2/h4-12,22H,3H2,1-2H3. The molecule has 0 saturated heterocycles. The average Bonchev–Trinajstić information content (AvgIpc) is 3.15. The summed E-state index contributed by atoms with van der Waals surface area (Å²) in [6.45, 7) is 1.79. The van der Waals surface area contributed by atoms with Crippen LogP contribution in [0, 0.1) is 0 Å². The van der Waals surface area contributed by atoms with Gasteiger partial charge in [-0.1, -0.05) is 41.9 Å². The van der Waals surface area contributed by atoms with Gasteiger partial charge in [0.2, 0.25) is 0 Å². The minimum atomic E-state index is -4.17. The smallest absolute Gasteiger partial charge is 0.349 e. The largest absolute Gasteiger partial charge is 0.495 e. The summed E-state index contributed by atoms with van der Waals surface area (Å²) in [7, 11) is -2.75. The molecule has 29 heavy (non-hydrogen) atoms. The van der Waals surface area contributed by atoms with Crippen molar-refractivity contribution in [2.24, 2.45) is 0 Å². The van der Waals surface area contributed by atoms with Crippen LogP contribution in [0.4, 0.5) is 5.69 Å². The summed E-state index contributed by atoms with van der Waals surface area (Å²) in [5.41, 5.74) is 1.24. The Morgan fingerprint density at radius 2 is 1.90 bits per heavy atom. The molecule has 2 aromatic carbocycles. The van der Waals surface area contributed by atoms with Crippen molar-refractivity contribution in [3.63, 3.8) is 0 Å². The quantitative estimate of drug-likeness (QED) is 0.508. The molecule has 3 aromatic rings. The van der Waals surface area contributed by atoms with Gasteiger partial charge in [-0.2, -0.15) is 0 Å². The fourth-order valence-corrected chi connectivity index (χ4v) is 5.65. The lowest BCUT2D eigenvalue weighted by atomic mass is 10.1. The highest BCUT2D eigenvalue weighted by Crippen LogP contribution is 2.38. The number of halogens is 1. The van der Waals surface area contributed by atoms with Crippen LogP contribution in [0.2, 0.25) is 5.02 Å². The molecule has 0 aliphatic carbocycles. The Hall–Kier alpha value is -2.55. The van der Waals surface area contributed by atoms with Gasteiger partial charge in [0.25, 0.3) is 10.0 Å². The van der Waals surface area contributed by atoms with E-state index in [1.54, 1.807) is 48.7 Å². The van der Waals surface area contributed by atoms with Crippen LogP contribution in [0.25, 0.3) is 11.1 Å². The summed E-state index contributed by atoms with van der Waals surface area (Å²) >= 11 is 7.03. The first-order valence-electron chi connectivity index (χ1n) is 8.57. The van der Waals surface area contributed by atoms with Crippen LogP contribution >= 0.6 is 22.9 Å². The summed E-state index contributed by atoms with van der Waals surface area (Å²) in [5, 5.41) is 1.97. The maximum absolute atomic E-state index is 13.4. The Morgan fingerprint density at radius 3 is 2.55 bits per heavy atom. The van der Waals surface area contributed by atoms with Crippen LogP contribution in [-0.2, 0) is 14.8 Å². The number of rotatable bonds is 7. The maximum atomic E-state index is 13.4. The highest BCUT2D eigenvalue weighted by Gasteiger charge is 2.30. The number of esters is 1. The van der Waals surface area contributed by atoms with Crippen molar-refractivity contribution >= 4 is 44.6 Å². The number of thiophene rings is 1. The fraction of sp³-hybridized carbons (Fsp3) is 0.150. The number of benzene rings is 2. The Balaban J connectivity index is 2.16. The van der Waals surface area contributed by atoms with Crippen molar-refractivity contribution in [2.45, 2.75) is 11.8 Å². The SMILES string of the molecule is CCOC(=O)c1scc(-c2ccccc2)c1S(=O)(=O)Nc1cc(Cl)ccc1OC. The predicted molar refractivity (Wildman–Crippen MR) is 115 cm³/mol. The molecule has 0 saturated carbocycles. The first-order chi connectivity index (χ1) is 13.9. The summed E-state index contributed by atoms with van der Waals surface area (Å²) in [6, 6.07) is 13.5. The van der Waals surface area contributed by atoms with Gasteiger partial charge in [0.1, 0.15) is 15.5 Å². The molecule has 0 atom stereocenters. The fourth-order valence-electron chi connectivity index (χ4n) is 2.72. The molecule has 0 aliphatic rings. The Labute approximate surface area is 178 Å². The lowest BCUT2D eigenvalue weighted by molar-refractivity contribution is 0.0528. The summed E-state index contributed by atoms with van der Waals surface area (Å²) in [4.78, 5) is 12.3. The summed E-state index contributed by atoms with van der Waals surface area (Å²) < 4.78 is 39.5. The number of hydrogen-bond acceptors (Lipinski definition) is 6. The minimum absolute atomic E-state index is 0.000743. The number of carbonyl (C=O) groups is 1. The van der Waals surface area contributed by atoms with E-state index in [1.165, 1.54) is 13.2 Å². The van der Waals surface area contributed by atoms with E-state index in [9.17, 15) is 13.2 Å². The maximum Gasteiger partial charge on any atom is 0.349 e. The normalized spacial score (nSPS) is 11.1. The molecule has 6 nitrogen and oxygen atoms in total. The molecular weight excluding hydrogens is 434 g/mol. The Bertz CT molecular complexity index is 1130. The zero-order valence-corrected chi connectivity index (χ0v) is 18.0. The van der Waals surface area contributed by atoms with E-state index in [4.69, 9.17) is 21.1 Å². The highest BCUT2D eigenvalue weighted by molar-refractivity contribution is 7.93. The second-order valence-electron chi connectivity index (χ2n) is 5.84. The van der Waals surface area contributed by atoms with Crippen molar-refractivity contribution in [3.8, 4) is 16.9 Å². The van der Waals surface area contributed by atoms with E-state index in [0.717, 1.165) is 11.3 Å². The van der Waals surface area contributed by atoms with E-state index in [-0.39, 0.29) is 22.1 Å². The molecule has 1 heterocycles. The lowest BCUT2D eigenvalue weighted by Gasteiger charge is -2.14. The number of methoxy groups -OCH3 is 1. The molecular formula is C20H18ClNO5S2. The van der Waals surface area contributed by atoms with Crippen molar-refractivity contribution < 1.29 is 22.7 Å². The molecule has 3 rings (SSSR count). The number of carbonyl (C=O) groups excluding carboxylic acids is 1. The van der Waals surface area contributed by atoms with E-state index < -0.39 is 16.0 Å². The van der Waals surface area contributed by atoms with Gasteiger partial charge in [0.15, 0.2) is 0 Å². The van der Waals surface area contributed by atoms with E-state index in [0.29, 0.717) is 21.9 Å². The van der Waals surface area contributed by atoms with Crippen molar-refractivity contribution in [1.29, 1.82) is 0 Å². The summed E-state index contributed by atoms with van der Waals surface area (Å²) in [6.07, 6.45) is 0. The van der Waals surface area contributed by atoms with Crippen LogP contribution in [0.5, 0.6) is 5.75 Å². The zero-order chi connectivity index (χ0) is 21.0. The van der Waals surface area contributed by atoms with Crippen molar-refractivity contribution in [3.05, 3.63) is 63.8 Å². The van der Waals surface area contributed by atoms with Crippen molar-refractivity contribution in [1.82, 2.24) is 0 Å². The number of ether oxygens (including phenoxy) is 2. The van der Waals surface area contributed by atoms with Gasteiger partial charge in [-0.3, -0.25) is 4.72 Å². The monoisotopic (exact) mass is 451 g/mol. The number of sulfonamides is 1. The minimum Gasteiger partial charge on any atom is -0.495 e. The molecule has 0 aliphatic heterocycles. The highest BCUT2D eigenvalue weighted by atomic mass is 35.5.